The highest BCUT2D eigenvalue weighted by Crippen LogP contribution is 2.31. The van der Waals surface area contributed by atoms with Crippen molar-refractivity contribution in [2.45, 2.75) is 31.1 Å². The van der Waals surface area contributed by atoms with Gasteiger partial charge in [0.15, 0.2) is 11.5 Å². The number of rotatable bonds is 8. The number of amides is 1. The second kappa shape index (κ2) is 8.84. The molecule has 29 heavy (non-hydrogen) atoms. The van der Waals surface area contributed by atoms with Gasteiger partial charge in [-0.05, 0) is 54.3 Å². The van der Waals surface area contributed by atoms with E-state index in [2.05, 4.69) is 4.72 Å². The van der Waals surface area contributed by atoms with Crippen LogP contribution in [-0.2, 0) is 27.7 Å². The SMILES string of the molecule is CCC(=O)N1CCc2cc(S(=O)(=O)NCCc3ccc(OC)c(OC)c3)ccc21. The van der Waals surface area contributed by atoms with Crippen LogP contribution in [0.4, 0.5) is 5.69 Å². The minimum absolute atomic E-state index is 0.0485. The monoisotopic (exact) mass is 418 g/mol. The number of carbonyl (C=O) groups is 1. The quantitative estimate of drug-likeness (QED) is 0.712. The first kappa shape index (κ1) is 21.1. The number of hydrogen-bond donors (Lipinski definition) is 1. The van der Waals surface area contributed by atoms with E-state index >= 15 is 0 Å². The molecule has 0 atom stereocenters. The lowest BCUT2D eigenvalue weighted by molar-refractivity contribution is -0.118. The zero-order chi connectivity index (χ0) is 21.0. The lowest BCUT2D eigenvalue weighted by atomic mass is 10.1. The number of anilines is 1. The molecule has 0 unspecified atom stereocenters. The van der Waals surface area contributed by atoms with E-state index in [0.717, 1.165) is 16.8 Å². The summed E-state index contributed by atoms with van der Waals surface area (Å²) in [5.41, 5.74) is 2.63. The maximum atomic E-state index is 12.7. The molecule has 1 aliphatic rings. The number of benzene rings is 2. The number of nitrogens with one attached hydrogen (secondary N) is 1. The van der Waals surface area contributed by atoms with E-state index in [1.807, 2.05) is 19.1 Å². The molecule has 8 heteroatoms. The molecule has 0 saturated heterocycles. The second-order valence-electron chi connectivity index (χ2n) is 6.78. The molecule has 2 aromatic rings. The first-order valence-electron chi connectivity index (χ1n) is 9.53. The number of nitrogens with zero attached hydrogens (tertiary/aromatic N) is 1. The molecule has 0 bridgehead atoms. The van der Waals surface area contributed by atoms with Crippen molar-refractivity contribution in [2.75, 3.05) is 32.2 Å². The van der Waals surface area contributed by atoms with Crippen molar-refractivity contribution in [3.63, 3.8) is 0 Å². The van der Waals surface area contributed by atoms with Crippen LogP contribution in [0.25, 0.3) is 0 Å². The van der Waals surface area contributed by atoms with E-state index in [0.29, 0.717) is 37.3 Å². The lowest BCUT2D eigenvalue weighted by Gasteiger charge is -2.16. The van der Waals surface area contributed by atoms with Gasteiger partial charge in [-0.2, -0.15) is 0 Å². The van der Waals surface area contributed by atoms with Gasteiger partial charge in [0.25, 0.3) is 0 Å². The zero-order valence-electron chi connectivity index (χ0n) is 16.9. The molecular weight excluding hydrogens is 392 g/mol. The molecule has 0 saturated carbocycles. The first-order chi connectivity index (χ1) is 13.9. The minimum Gasteiger partial charge on any atom is -0.493 e. The van der Waals surface area contributed by atoms with Crippen LogP contribution in [0.1, 0.15) is 24.5 Å². The number of methoxy groups -OCH3 is 2. The Morgan fingerprint density at radius 1 is 1.10 bits per heavy atom. The van der Waals surface area contributed by atoms with Gasteiger partial charge in [0, 0.05) is 25.2 Å². The number of fused-ring (bicyclic) bond motifs is 1. The highest BCUT2D eigenvalue weighted by Gasteiger charge is 2.25. The van der Waals surface area contributed by atoms with Crippen LogP contribution in [0.3, 0.4) is 0 Å². The normalized spacial score (nSPS) is 13.3. The smallest absolute Gasteiger partial charge is 0.240 e. The van der Waals surface area contributed by atoms with Gasteiger partial charge in [0.1, 0.15) is 0 Å². The molecule has 0 fully saturated rings. The molecule has 1 amide bonds. The van der Waals surface area contributed by atoms with Crippen LogP contribution in [0.5, 0.6) is 11.5 Å². The fourth-order valence-electron chi connectivity index (χ4n) is 3.44. The summed E-state index contributed by atoms with van der Waals surface area (Å²) in [6.07, 6.45) is 1.61. The third kappa shape index (κ3) is 4.54. The van der Waals surface area contributed by atoms with E-state index in [9.17, 15) is 13.2 Å². The molecule has 1 N–H and O–H groups in total. The Bertz CT molecular complexity index is 1000. The lowest BCUT2D eigenvalue weighted by Crippen LogP contribution is -2.28. The van der Waals surface area contributed by atoms with Crippen LogP contribution in [0.2, 0.25) is 0 Å². The predicted octanol–water partition coefficient (Wildman–Crippen LogP) is 2.52. The molecular formula is C21H26N2O5S. The van der Waals surface area contributed by atoms with E-state index in [1.165, 1.54) is 0 Å². The van der Waals surface area contributed by atoms with Crippen LogP contribution < -0.4 is 19.1 Å². The molecule has 0 spiro atoms. The van der Waals surface area contributed by atoms with Crippen molar-refractivity contribution in [1.29, 1.82) is 0 Å². The molecule has 1 heterocycles. The molecule has 2 aromatic carbocycles. The number of hydrogen-bond acceptors (Lipinski definition) is 5. The predicted molar refractivity (Wildman–Crippen MR) is 111 cm³/mol. The van der Waals surface area contributed by atoms with Gasteiger partial charge in [-0.3, -0.25) is 4.79 Å². The highest BCUT2D eigenvalue weighted by atomic mass is 32.2. The van der Waals surface area contributed by atoms with Crippen LogP contribution in [0.15, 0.2) is 41.3 Å². The Kier molecular flexibility index (Phi) is 6.44. The van der Waals surface area contributed by atoms with Crippen LogP contribution >= 0.6 is 0 Å². The molecule has 7 nitrogen and oxygen atoms in total. The number of ether oxygens (including phenoxy) is 2. The topological polar surface area (TPSA) is 84.9 Å². The average Bonchev–Trinajstić information content (AvgIpc) is 3.16. The summed E-state index contributed by atoms with van der Waals surface area (Å²) in [5.74, 6) is 1.29. The number of sulfonamides is 1. The fraction of sp³-hybridized carbons (Fsp3) is 0.381. The summed E-state index contributed by atoms with van der Waals surface area (Å²) < 4.78 is 38.5. The molecule has 3 rings (SSSR count). The summed E-state index contributed by atoms with van der Waals surface area (Å²) in [4.78, 5) is 13.9. The molecule has 0 aromatic heterocycles. The fourth-order valence-corrected chi connectivity index (χ4v) is 4.53. The maximum Gasteiger partial charge on any atom is 0.240 e. The standard InChI is InChI=1S/C21H26N2O5S/c1-4-21(24)23-12-10-16-14-17(6-7-18(16)23)29(25,26)22-11-9-15-5-8-19(27-2)20(13-15)28-3/h5-8,13-14,22H,4,9-12H2,1-3H3. The second-order valence-corrected chi connectivity index (χ2v) is 8.54. The van der Waals surface area contributed by atoms with E-state index in [4.69, 9.17) is 9.47 Å². The average molecular weight is 419 g/mol. The summed E-state index contributed by atoms with van der Waals surface area (Å²) >= 11 is 0. The van der Waals surface area contributed by atoms with Gasteiger partial charge in [0.05, 0.1) is 19.1 Å². The Morgan fingerprint density at radius 3 is 2.55 bits per heavy atom. The molecule has 156 valence electrons. The summed E-state index contributed by atoms with van der Waals surface area (Å²) in [7, 11) is -0.501. The Labute approximate surface area is 171 Å². The summed E-state index contributed by atoms with van der Waals surface area (Å²) in [5, 5.41) is 0. The van der Waals surface area contributed by atoms with E-state index in [-0.39, 0.29) is 17.3 Å². The van der Waals surface area contributed by atoms with Crippen molar-refractivity contribution >= 4 is 21.6 Å². The summed E-state index contributed by atoms with van der Waals surface area (Å²) in [6.45, 7) is 2.68. The molecule has 1 aliphatic heterocycles. The van der Waals surface area contributed by atoms with Crippen LogP contribution in [0, 0.1) is 0 Å². The third-order valence-electron chi connectivity index (χ3n) is 5.01. The van der Waals surface area contributed by atoms with Gasteiger partial charge < -0.3 is 14.4 Å². The molecule has 0 aliphatic carbocycles. The van der Waals surface area contributed by atoms with E-state index in [1.54, 1.807) is 43.4 Å². The first-order valence-corrected chi connectivity index (χ1v) is 11.0. The van der Waals surface area contributed by atoms with Crippen LogP contribution in [-0.4, -0.2) is 41.6 Å². The van der Waals surface area contributed by atoms with Gasteiger partial charge in [-0.15, -0.1) is 0 Å². The largest absolute Gasteiger partial charge is 0.493 e. The Balaban J connectivity index is 1.67. The van der Waals surface area contributed by atoms with Crippen molar-refractivity contribution in [3.8, 4) is 11.5 Å². The van der Waals surface area contributed by atoms with E-state index < -0.39 is 10.0 Å². The summed E-state index contributed by atoms with van der Waals surface area (Å²) in [6, 6.07) is 10.5. The van der Waals surface area contributed by atoms with Gasteiger partial charge in [-0.1, -0.05) is 13.0 Å². The maximum absolute atomic E-state index is 12.7. The molecule has 0 radical (unpaired) electrons. The van der Waals surface area contributed by atoms with Gasteiger partial charge in [0.2, 0.25) is 15.9 Å². The van der Waals surface area contributed by atoms with Crippen molar-refractivity contribution in [3.05, 3.63) is 47.5 Å². The Hall–Kier alpha value is -2.58. The Morgan fingerprint density at radius 2 is 1.86 bits per heavy atom. The third-order valence-corrected chi connectivity index (χ3v) is 6.47. The van der Waals surface area contributed by atoms with Gasteiger partial charge >= 0.3 is 0 Å². The zero-order valence-corrected chi connectivity index (χ0v) is 17.7. The van der Waals surface area contributed by atoms with Crippen molar-refractivity contribution < 1.29 is 22.7 Å². The van der Waals surface area contributed by atoms with Gasteiger partial charge in [-0.25, -0.2) is 13.1 Å². The van der Waals surface area contributed by atoms with Crippen molar-refractivity contribution in [2.24, 2.45) is 0 Å². The number of carbonyl (C=O) groups excluding carboxylic acids is 1. The van der Waals surface area contributed by atoms with Crippen molar-refractivity contribution in [1.82, 2.24) is 4.72 Å². The minimum atomic E-state index is -3.63. The highest BCUT2D eigenvalue weighted by molar-refractivity contribution is 7.89.